The Morgan fingerprint density at radius 2 is 1.62 bits per heavy atom. The number of nitrogens with one attached hydrogen (secondary N) is 1. The fourth-order valence-corrected chi connectivity index (χ4v) is 5.12. The number of ether oxygens (including phenoxy) is 1. The van der Waals surface area contributed by atoms with Gasteiger partial charge >= 0.3 is 0 Å². The minimum Gasteiger partial charge on any atom is -0.390 e. The SMILES string of the molecule is CC(C)(O)CCc1ccc2c(c1)c1cc(COC3CC3)ccc1c1[nH]c(-c3c(C#N)cc(F)cc3C#N)nc21. The summed E-state index contributed by atoms with van der Waals surface area (Å²) in [6, 6.07) is 18.8. The molecule has 2 N–H and O–H groups in total. The summed E-state index contributed by atoms with van der Waals surface area (Å²) in [5.74, 6) is -0.294. The topological polar surface area (TPSA) is 106 Å². The van der Waals surface area contributed by atoms with Gasteiger partial charge in [-0.05, 0) is 79.6 Å². The van der Waals surface area contributed by atoms with Gasteiger partial charge in [0.15, 0.2) is 0 Å². The van der Waals surface area contributed by atoms with Gasteiger partial charge in [-0.2, -0.15) is 10.5 Å². The molecule has 0 aliphatic heterocycles. The highest BCUT2D eigenvalue weighted by molar-refractivity contribution is 6.23. The third-order valence-electron chi connectivity index (χ3n) is 7.30. The van der Waals surface area contributed by atoms with Crippen molar-refractivity contribution in [3.8, 4) is 23.5 Å². The van der Waals surface area contributed by atoms with Gasteiger partial charge in [-0.3, -0.25) is 0 Å². The number of aromatic amines is 1. The van der Waals surface area contributed by atoms with Gasteiger partial charge < -0.3 is 14.8 Å². The highest BCUT2D eigenvalue weighted by atomic mass is 19.1. The standard InChI is InChI=1S/C32H27FN4O2/c1-32(2,38)10-9-18-3-7-24-26(11-18)27-12-19(17-39-23-5-6-23)4-8-25(27)30-29(24)36-31(37-30)28-20(15-34)13-22(33)14-21(28)16-35/h3-4,7-8,11-14,23,38H,5-6,9-10,17H2,1-2H3,(H,36,37). The Balaban J connectivity index is 1.59. The third kappa shape index (κ3) is 4.83. The molecular weight excluding hydrogens is 491 g/mol. The Bertz CT molecular complexity index is 1810. The van der Waals surface area contributed by atoms with Crippen LogP contribution < -0.4 is 0 Å². The smallest absolute Gasteiger partial charge is 0.141 e. The van der Waals surface area contributed by atoms with Gasteiger partial charge in [0, 0.05) is 10.8 Å². The van der Waals surface area contributed by atoms with Crippen LogP contribution in [-0.2, 0) is 17.8 Å². The molecule has 0 radical (unpaired) electrons. The van der Waals surface area contributed by atoms with Crippen LogP contribution in [0.25, 0.3) is 44.0 Å². The number of nitrogens with zero attached hydrogens (tertiary/aromatic N) is 3. The molecule has 1 aromatic heterocycles. The number of imidazole rings is 1. The number of halogens is 1. The molecule has 6 rings (SSSR count). The van der Waals surface area contributed by atoms with Crippen molar-refractivity contribution in [3.63, 3.8) is 0 Å². The Morgan fingerprint density at radius 3 is 2.28 bits per heavy atom. The Kier molecular flexibility index (Phi) is 6.07. The number of hydrogen-bond acceptors (Lipinski definition) is 5. The van der Waals surface area contributed by atoms with Crippen LogP contribution >= 0.6 is 0 Å². The number of H-pyrrole nitrogens is 1. The van der Waals surface area contributed by atoms with Crippen LogP contribution in [0.2, 0.25) is 0 Å². The Labute approximate surface area is 225 Å². The number of fused-ring (bicyclic) bond motifs is 6. The van der Waals surface area contributed by atoms with Crippen LogP contribution in [0.1, 0.15) is 55.4 Å². The zero-order valence-electron chi connectivity index (χ0n) is 21.8. The number of nitriles is 2. The number of benzene rings is 4. The number of hydrogen-bond donors (Lipinski definition) is 2. The van der Waals surface area contributed by atoms with Gasteiger partial charge in [0.1, 0.15) is 23.8 Å². The largest absolute Gasteiger partial charge is 0.390 e. The third-order valence-corrected chi connectivity index (χ3v) is 7.30. The number of aliphatic hydroxyl groups is 1. The van der Waals surface area contributed by atoms with Crippen LogP contribution in [0.5, 0.6) is 0 Å². The zero-order chi connectivity index (χ0) is 27.3. The first kappa shape index (κ1) is 25.0. The first-order chi connectivity index (χ1) is 18.7. The maximum absolute atomic E-state index is 14.1. The van der Waals surface area contributed by atoms with Gasteiger partial charge in [0.2, 0.25) is 0 Å². The molecule has 1 fully saturated rings. The Hall–Kier alpha value is -4.30. The summed E-state index contributed by atoms with van der Waals surface area (Å²) in [4.78, 5) is 8.22. The summed E-state index contributed by atoms with van der Waals surface area (Å²) in [7, 11) is 0. The van der Waals surface area contributed by atoms with Crippen molar-refractivity contribution in [1.82, 2.24) is 9.97 Å². The van der Waals surface area contributed by atoms with E-state index in [1.807, 2.05) is 44.2 Å². The molecule has 0 atom stereocenters. The van der Waals surface area contributed by atoms with Gasteiger partial charge in [-0.25, -0.2) is 9.37 Å². The first-order valence-corrected chi connectivity index (χ1v) is 13.1. The van der Waals surface area contributed by atoms with Crippen molar-refractivity contribution >= 4 is 32.6 Å². The monoisotopic (exact) mass is 518 g/mol. The fraction of sp³-hybridized carbons (Fsp3) is 0.281. The van der Waals surface area contributed by atoms with E-state index >= 15 is 0 Å². The van der Waals surface area contributed by atoms with Crippen molar-refractivity contribution in [3.05, 3.63) is 76.6 Å². The molecule has 0 bridgehead atoms. The van der Waals surface area contributed by atoms with Crippen LogP contribution in [0, 0.1) is 28.5 Å². The summed E-state index contributed by atoms with van der Waals surface area (Å²) < 4.78 is 20.1. The van der Waals surface area contributed by atoms with Crippen molar-refractivity contribution in [1.29, 1.82) is 10.5 Å². The van der Waals surface area contributed by atoms with E-state index in [-0.39, 0.29) is 16.7 Å². The summed E-state index contributed by atoms with van der Waals surface area (Å²) in [6.07, 6.45) is 3.92. The molecule has 1 saturated carbocycles. The minimum absolute atomic E-state index is 0.0487. The minimum atomic E-state index is -0.766. The van der Waals surface area contributed by atoms with E-state index in [1.54, 1.807) is 0 Å². The van der Waals surface area contributed by atoms with Crippen molar-refractivity contribution < 1.29 is 14.2 Å². The van der Waals surface area contributed by atoms with E-state index < -0.39 is 11.4 Å². The van der Waals surface area contributed by atoms with Crippen LogP contribution in [0.4, 0.5) is 4.39 Å². The molecule has 1 aliphatic rings. The highest BCUT2D eigenvalue weighted by Crippen LogP contribution is 2.38. The van der Waals surface area contributed by atoms with Crippen molar-refractivity contribution in [2.45, 2.75) is 57.8 Å². The molecule has 39 heavy (non-hydrogen) atoms. The Morgan fingerprint density at radius 1 is 0.974 bits per heavy atom. The molecule has 6 nitrogen and oxygen atoms in total. The second-order valence-electron chi connectivity index (χ2n) is 11.0. The molecule has 0 unspecified atom stereocenters. The predicted molar refractivity (Wildman–Crippen MR) is 148 cm³/mol. The normalized spacial score (nSPS) is 13.7. The molecule has 194 valence electrons. The summed E-state index contributed by atoms with van der Waals surface area (Å²) in [5.41, 5.74) is 3.29. The van der Waals surface area contributed by atoms with Gasteiger partial charge in [-0.15, -0.1) is 0 Å². The molecule has 0 spiro atoms. The van der Waals surface area contributed by atoms with Crippen LogP contribution in [0.3, 0.4) is 0 Å². The second kappa shape index (κ2) is 9.47. The molecule has 0 saturated heterocycles. The lowest BCUT2D eigenvalue weighted by atomic mass is 9.94. The quantitative estimate of drug-likeness (QED) is 0.231. The molecule has 7 heteroatoms. The molecule has 1 heterocycles. The molecule has 4 aromatic carbocycles. The van der Waals surface area contributed by atoms with E-state index in [2.05, 4.69) is 23.2 Å². The maximum Gasteiger partial charge on any atom is 0.141 e. The maximum atomic E-state index is 14.1. The second-order valence-corrected chi connectivity index (χ2v) is 11.0. The van der Waals surface area contributed by atoms with Gasteiger partial charge in [0.05, 0.1) is 46.0 Å². The summed E-state index contributed by atoms with van der Waals surface area (Å²) >= 11 is 0. The molecule has 1 aliphatic carbocycles. The van der Waals surface area contributed by atoms with Gasteiger partial charge in [0.25, 0.3) is 0 Å². The van der Waals surface area contributed by atoms with Crippen LogP contribution in [0.15, 0.2) is 48.5 Å². The molecule has 5 aromatic rings. The van der Waals surface area contributed by atoms with E-state index in [4.69, 9.17) is 9.72 Å². The first-order valence-electron chi connectivity index (χ1n) is 13.1. The number of rotatable bonds is 7. The molecular formula is C32H27FN4O2. The van der Waals surface area contributed by atoms with Crippen molar-refractivity contribution in [2.24, 2.45) is 0 Å². The molecule has 0 amide bonds. The number of aromatic nitrogens is 2. The lowest BCUT2D eigenvalue weighted by Crippen LogP contribution is -2.19. The van der Waals surface area contributed by atoms with E-state index in [9.17, 15) is 20.0 Å². The number of aryl methyl sites for hydroxylation is 1. The average Bonchev–Trinajstić information content (AvgIpc) is 3.65. The van der Waals surface area contributed by atoms with Gasteiger partial charge in [-0.1, -0.05) is 30.3 Å². The summed E-state index contributed by atoms with van der Waals surface area (Å²) in [6.45, 7) is 4.16. The fourth-order valence-electron chi connectivity index (χ4n) is 5.12. The van der Waals surface area contributed by atoms with Crippen LogP contribution in [-0.4, -0.2) is 26.8 Å². The lowest BCUT2D eigenvalue weighted by Gasteiger charge is -2.17. The van der Waals surface area contributed by atoms with E-state index in [0.717, 1.165) is 69.6 Å². The van der Waals surface area contributed by atoms with E-state index in [0.29, 0.717) is 30.5 Å². The average molecular weight is 519 g/mol. The lowest BCUT2D eigenvalue weighted by molar-refractivity contribution is 0.0714. The zero-order valence-corrected chi connectivity index (χ0v) is 21.8. The highest BCUT2D eigenvalue weighted by Gasteiger charge is 2.23. The van der Waals surface area contributed by atoms with Crippen molar-refractivity contribution in [2.75, 3.05) is 0 Å². The predicted octanol–water partition coefficient (Wildman–Crippen LogP) is 6.80. The van der Waals surface area contributed by atoms with E-state index in [1.165, 1.54) is 0 Å². The summed E-state index contributed by atoms with van der Waals surface area (Å²) in [5, 5.41) is 33.6.